The Morgan fingerprint density at radius 2 is 1.78 bits per heavy atom. The number of ether oxygens (including phenoxy) is 2. The molecule has 194 valence electrons. The van der Waals surface area contributed by atoms with Crippen LogP contribution in [0.5, 0.6) is 11.5 Å². The van der Waals surface area contributed by atoms with E-state index in [1.165, 1.54) is 36.2 Å². The standard InChI is InChI=1S/C17H16F3NO2.C7H8N2O2.C2H6/c1-21(13-6-8-15(9-7-13)23-17(18,19)20)14-5-4-12-3-2-10-22-16(12)11-14;1-8-6-4-9-3-2-5(6)7(10)11;1-2/h4-9,11H,2-3,10H2,1H3;2-4,8H,1H3,(H,10,11);1-2H3. The Balaban J connectivity index is 0.000000295. The molecule has 0 amide bonds. The van der Waals surface area contributed by atoms with Crippen LogP contribution in [0.3, 0.4) is 0 Å². The molecule has 2 aromatic carbocycles. The number of pyridine rings is 1. The number of aromatic carboxylic acids is 1. The highest BCUT2D eigenvalue weighted by Gasteiger charge is 2.31. The van der Waals surface area contributed by atoms with Crippen molar-refractivity contribution in [3.63, 3.8) is 0 Å². The van der Waals surface area contributed by atoms with Gasteiger partial charge in [-0.1, -0.05) is 19.9 Å². The summed E-state index contributed by atoms with van der Waals surface area (Å²) in [5, 5.41) is 11.4. The number of benzene rings is 2. The van der Waals surface area contributed by atoms with Crippen LogP contribution in [0.1, 0.15) is 36.2 Å². The van der Waals surface area contributed by atoms with E-state index in [0.29, 0.717) is 12.3 Å². The Morgan fingerprint density at radius 1 is 1.11 bits per heavy atom. The van der Waals surface area contributed by atoms with Gasteiger partial charge >= 0.3 is 12.3 Å². The molecule has 1 aromatic heterocycles. The van der Waals surface area contributed by atoms with Gasteiger partial charge in [0.1, 0.15) is 11.5 Å². The van der Waals surface area contributed by atoms with Crippen molar-refractivity contribution in [3.05, 3.63) is 72.1 Å². The normalized spacial score (nSPS) is 11.9. The Bertz CT molecular complexity index is 1120. The lowest BCUT2D eigenvalue weighted by Gasteiger charge is -2.23. The van der Waals surface area contributed by atoms with E-state index in [9.17, 15) is 18.0 Å². The van der Waals surface area contributed by atoms with Crippen molar-refractivity contribution < 1.29 is 32.5 Å². The quantitative estimate of drug-likeness (QED) is 0.408. The monoisotopic (exact) mass is 505 g/mol. The van der Waals surface area contributed by atoms with Gasteiger partial charge in [-0.2, -0.15) is 0 Å². The third-order valence-electron chi connectivity index (χ3n) is 5.06. The zero-order valence-corrected chi connectivity index (χ0v) is 20.6. The first kappa shape index (κ1) is 28.3. The maximum absolute atomic E-state index is 12.2. The summed E-state index contributed by atoms with van der Waals surface area (Å²) in [7, 11) is 3.51. The third-order valence-corrected chi connectivity index (χ3v) is 5.06. The number of nitrogens with zero attached hydrogens (tertiary/aromatic N) is 2. The second kappa shape index (κ2) is 13.2. The first-order valence-corrected chi connectivity index (χ1v) is 11.4. The molecule has 0 spiro atoms. The molecule has 7 nitrogen and oxygen atoms in total. The first-order valence-electron chi connectivity index (χ1n) is 11.4. The van der Waals surface area contributed by atoms with E-state index in [1.807, 2.05) is 44.0 Å². The summed E-state index contributed by atoms with van der Waals surface area (Å²) in [5.41, 5.74) is 3.62. The molecule has 1 aliphatic heterocycles. The van der Waals surface area contributed by atoms with Crippen LogP contribution < -0.4 is 19.7 Å². The number of carbonyl (C=O) groups is 1. The highest BCUT2D eigenvalue weighted by molar-refractivity contribution is 5.93. The lowest BCUT2D eigenvalue weighted by Crippen LogP contribution is -2.17. The van der Waals surface area contributed by atoms with Crippen molar-refractivity contribution >= 4 is 23.0 Å². The summed E-state index contributed by atoms with van der Waals surface area (Å²) in [5.74, 6) is -0.308. The van der Waals surface area contributed by atoms with Crippen LogP contribution in [0.25, 0.3) is 0 Å². The van der Waals surface area contributed by atoms with Crippen molar-refractivity contribution in [1.82, 2.24) is 4.98 Å². The van der Waals surface area contributed by atoms with Gasteiger partial charge in [-0.3, -0.25) is 4.98 Å². The fraction of sp³-hybridized carbons (Fsp3) is 0.308. The topological polar surface area (TPSA) is 83.9 Å². The lowest BCUT2D eigenvalue weighted by atomic mass is 10.1. The maximum atomic E-state index is 12.2. The minimum absolute atomic E-state index is 0.233. The van der Waals surface area contributed by atoms with E-state index >= 15 is 0 Å². The summed E-state index contributed by atoms with van der Waals surface area (Å²) < 4.78 is 46.1. The number of carboxylic acid groups (broad SMARTS) is 1. The average Bonchev–Trinajstić information content (AvgIpc) is 2.89. The molecule has 2 heterocycles. The Kier molecular flexibility index (Phi) is 10.4. The fourth-order valence-electron chi connectivity index (χ4n) is 3.34. The molecular weight excluding hydrogens is 475 g/mol. The highest BCUT2D eigenvalue weighted by Crippen LogP contribution is 2.33. The van der Waals surface area contributed by atoms with Crippen molar-refractivity contribution in [1.29, 1.82) is 0 Å². The number of aromatic nitrogens is 1. The van der Waals surface area contributed by atoms with E-state index in [2.05, 4.69) is 15.0 Å². The second-order valence-corrected chi connectivity index (χ2v) is 7.32. The van der Waals surface area contributed by atoms with Crippen molar-refractivity contribution in [2.24, 2.45) is 0 Å². The van der Waals surface area contributed by atoms with E-state index < -0.39 is 12.3 Å². The van der Waals surface area contributed by atoms with Crippen LogP contribution in [0, 0.1) is 0 Å². The van der Waals surface area contributed by atoms with Gasteiger partial charge in [-0.15, -0.1) is 13.2 Å². The van der Waals surface area contributed by atoms with Gasteiger partial charge in [-0.25, -0.2) is 4.79 Å². The van der Waals surface area contributed by atoms with Crippen LogP contribution in [-0.2, 0) is 6.42 Å². The maximum Gasteiger partial charge on any atom is 0.573 e. The SMILES string of the molecule is CC.CN(c1ccc(OC(F)(F)F)cc1)c1ccc2c(c1)OCCC2.CNc1cnccc1C(=O)O. The van der Waals surface area contributed by atoms with Gasteiger partial charge in [-0.05, 0) is 54.8 Å². The van der Waals surface area contributed by atoms with Crippen molar-refractivity contribution in [2.75, 3.05) is 30.9 Å². The highest BCUT2D eigenvalue weighted by atomic mass is 19.4. The molecule has 3 aromatic rings. The van der Waals surface area contributed by atoms with Crippen LogP contribution in [0.2, 0.25) is 0 Å². The van der Waals surface area contributed by atoms with Gasteiger partial charge < -0.3 is 24.8 Å². The van der Waals surface area contributed by atoms with Crippen molar-refractivity contribution in [2.45, 2.75) is 33.1 Å². The molecule has 2 N–H and O–H groups in total. The predicted molar refractivity (Wildman–Crippen MR) is 134 cm³/mol. The van der Waals surface area contributed by atoms with Crippen LogP contribution in [0.4, 0.5) is 30.2 Å². The summed E-state index contributed by atoms with van der Waals surface area (Å²) >= 11 is 0. The first-order chi connectivity index (χ1) is 17.2. The Morgan fingerprint density at radius 3 is 2.36 bits per heavy atom. The van der Waals surface area contributed by atoms with Crippen LogP contribution in [-0.4, -0.2) is 43.1 Å². The Hall–Kier alpha value is -3.95. The number of hydrogen-bond donors (Lipinski definition) is 2. The molecule has 4 rings (SSSR count). The molecule has 36 heavy (non-hydrogen) atoms. The fourth-order valence-corrected chi connectivity index (χ4v) is 3.34. The number of fused-ring (bicyclic) bond motifs is 1. The van der Waals surface area contributed by atoms with Gasteiger partial charge in [0.15, 0.2) is 0 Å². The van der Waals surface area contributed by atoms with E-state index in [4.69, 9.17) is 9.84 Å². The van der Waals surface area contributed by atoms with E-state index in [-0.39, 0.29) is 11.3 Å². The Labute approximate surface area is 208 Å². The number of nitrogens with one attached hydrogen (secondary N) is 1. The summed E-state index contributed by atoms with van der Waals surface area (Å²) in [6.07, 6.45) is 0.267. The zero-order valence-electron chi connectivity index (χ0n) is 20.6. The molecular formula is C26H30F3N3O4. The summed E-state index contributed by atoms with van der Waals surface area (Å²) in [4.78, 5) is 16.2. The van der Waals surface area contributed by atoms with Crippen LogP contribution >= 0.6 is 0 Å². The van der Waals surface area contributed by atoms with Gasteiger partial charge in [0.2, 0.25) is 0 Å². The minimum atomic E-state index is -4.68. The molecule has 10 heteroatoms. The number of alkyl halides is 3. The number of rotatable bonds is 5. The molecule has 1 aliphatic rings. The number of carboxylic acids is 1. The zero-order chi connectivity index (χ0) is 26.7. The molecule has 0 saturated carbocycles. The number of halogens is 3. The molecule has 0 bridgehead atoms. The average molecular weight is 506 g/mol. The van der Waals surface area contributed by atoms with Gasteiger partial charge in [0.25, 0.3) is 0 Å². The van der Waals surface area contributed by atoms with Crippen LogP contribution in [0.15, 0.2) is 60.9 Å². The largest absolute Gasteiger partial charge is 0.573 e. The molecule has 0 fully saturated rings. The number of aryl methyl sites for hydroxylation is 1. The number of hydrogen-bond acceptors (Lipinski definition) is 6. The van der Waals surface area contributed by atoms with E-state index in [0.717, 1.165) is 30.0 Å². The second-order valence-electron chi connectivity index (χ2n) is 7.32. The smallest absolute Gasteiger partial charge is 0.493 e. The molecule has 0 saturated heterocycles. The van der Waals surface area contributed by atoms with E-state index in [1.54, 1.807) is 19.2 Å². The summed E-state index contributed by atoms with van der Waals surface area (Å²) in [6, 6.07) is 13.2. The predicted octanol–water partition coefficient (Wildman–Crippen LogP) is 6.53. The minimum Gasteiger partial charge on any atom is -0.493 e. The summed E-state index contributed by atoms with van der Waals surface area (Å²) in [6.45, 7) is 4.71. The molecule has 0 aliphatic carbocycles. The van der Waals surface area contributed by atoms with Gasteiger partial charge in [0.05, 0.1) is 24.1 Å². The number of anilines is 3. The third kappa shape index (κ3) is 8.07. The molecule has 0 unspecified atom stereocenters. The van der Waals surface area contributed by atoms with Gasteiger partial charge in [0, 0.05) is 37.7 Å². The van der Waals surface area contributed by atoms with Crippen molar-refractivity contribution in [3.8, 4) is 11.5 Å². The molecule has 0 radical (unpaired) electrons. The lowest BCUT2D eigenvalue weighted by molar-refractivity contribution is -0.274. The molecule has 0 atom stereocenters.